The van der Waals surface area contributed by atoms with Gasteiger partial charge >= 0.3 is 0 Å². The van der Waals surface area contributed by atoms with Crippen molar-refractivity contribution in [3.05, 3.63) is 29.3 Å². The summed E-state index contributed by atoms with van der Waals surface area (Å²) in [6.07, 6.45) is 1.03. The van der Waals surface area contributed by atoms with E-state index in [2.05, 4.69) is 6.92 Å². The van der Waals surface area contributed by atoms with E-state index in [0.29, 0.717) is 5.75 Å². The summed E-state index contributed by atoms with van der Waals surface area (Å²) < 4.78 is 0. The van der Waals surface area contributed by atoms with Crippen LogP contribution in [0.1, 0.15) is 18.1 Å². The van der Waals surface area contributed by atoms with Gasteiger partial charge < -0.3 is 5.11 Å². The van der Waals surface area contributed by atoms with E-state index in [-0.39, 0.29) is 37.3 Å². The standard InChI is InChI=1S/C9H12O.Er/c1-3-8-4-5-9(10)7(2)6-8;/h4-6,10H,3H2,1-2H3;. The monoisotopic (exact) mass is 302 g/mol. The predicted octanol–water partition coefficient (Wildman–Crippen LogP) is 2.26. The number of benzene rings is 1. The van der Waals surface area contributed by atoms with Gasteiger partial charge in [-0.05, 0) is 30.5 Å². The molecule has 0 fully saturated rings. The predicted molar refractivity (Wildman–Crippen MR) is 42.2 cm³/mol. The Morgan fingerprint density at radius 3 is 2.45 bits per heavy atom. The third-order valence-corrected chi connectivity index (χ3v) is 1.67. The van der Waals surface area contributed by atoms with E-state index in [4.69, 9.17) is 5.11 Å². The molecule has 0 heterocycles. The van der Waals surface area contributed by atoms with Crippen LogP contribution in [0, 0.1) is 44.2 Å². The first-order chi connectivity index (χ1) is 4.74. The average Bonchev–Trinajstić information content (AvgIpc) is 1.95. The van der Waals surface area contributed by atoms with Crippen molar-refractivity contribution in [1.82, 2.24) is 0 Å². The van der Waals surface area contributed by atoms with Gasteiger partial charge in [-0.15, -0.1) is 0 Å². The molecular formula is C9H12ErO. The Kier molecular flexibility index (Phi) is 5.13. The molecule has 1 nitrogen and oxygen atoms in total. The molecule has 1 N–H and O–H groups in total. The smallest absolute Gasteiger partial charge is 0.118 e. The van der Waals surface area contributed by atoms with Gasteiger partial charge in [0.05, 0.1) is 0 Å². The third-order valence-electron chi connectivity index (χ3n) is 1.67. The molecule has 0 saturated heterocycles. The van der Waals surface area contributed by atoms with Crippen LogP contribution in [0.25, 0.3) is 0 Å². The van der Waals surface area contributed by atoms with E-state index in [9.17, 15) is 0 Å². The van der Waals surface area contributed by atoms with Gasteiger partial charge in [0.25, 0.3) is 0 Å². The van der Waals surface area contributed by atoms with E-state index in [0.717, 1.165) is 12.0 Å². The van der Waals surface area contributed by atoms with Gasteiger partial charge in [-0.25, -0.2) is 0 Å². The number of phenols is 1. The van der Waals surface area contributed by atoms with Crippen LogP contribution in [0.5, 0.6) is 5.75 Å². The van der Waals surface area contributed by atoms with E-state index < -0.39 is 0 Å². The molecule has 0 aromatic heterocycles. The number of aryl methyl sites for hydroxylation is 2. The maximum Gasteiger partial charge on any atom is 0.118 e. The second-order valence-electron chi connectivity index (χ2n) is 2.47. The molecule has 11 heavy (non-hydrogen) atoms. The van der Waals surface area contributed by atoms with E-state index in [1.165, 1.54) is 5.56 Å². The normalized spacial score (nSPS) is 8.91. The molecule has 0 bridgehead atoms. The van der Waals surface area contributed by atoms with Gasteiger partial charge in [-0.1, -0.05) is 19.1 Å². The molecule has 0 aliphatic carbocycles. The topological polar surface area (TPSA) is 20.2 Å². The molecule has 1 aromatic carbocycles. The molecule has 0 amide bonds. The molecule has 1 aromatic rings. The zero-order chi connectivity index (χ0) is 7.56. The molecule has 0 saturated carbocycles. The summed E-state index contributed by atoms with van der Waals surface area (Å²) in [7, 11) is 0. The van der Waals surface area contributed by atoms with Crippen LogP contribution in [0.3, 0.4) is 0 Å². The molecule has 2 heteroatoms. The van der Waals surface area contributed by atoms with Gasteiger partial charge in [0.15, 0.2) is 0 Å². The minimum absolute atomic E-state index is 0. The summed E-state index contributed by atoms with van der Waals surface area (Å²) >= 11 is 0. The van der Waals surface area contributed by atoms with Crippen LogP contribution in [0.2, 0.25) is 0 Å². The number of phenolic OH excluding ortho intramolecular Hbond substituents is 1. The maximum atomic E-state index is 9.14. The minimum atomic E-state index is 0. The van der Waals surface area contributed by atoms with Crippen LogP contribution >= 0.6 is 0 Å². The Bertz CT molecular complexity index is 233. The summed E-state index contributed by atoms with van der Waals surface area (Å²) in [5.41, 5.74) is 2.23. The van der Waals surface area contributed by atoms with E-state index >= 15 is 0 Å². The van der Waals surface area contributed by atoms with E-state index in [1.54, 1.807) is 6.07 Å². The van der Waals surface area contributed by atoms with Crippen LogP contribution < -0.4 is 0 Å². The first-order valence-corrected chi connectivity index (χ1v) is 3.52. The van der Waals surface area contributed by atoms with E-state index in [1.807, 2.05) is 19.1 Å². The van der Waals surface area contributed by atoms with Gasteiger partial charge in [0.2, 0.25) is 0 Å². The Morgan fingerprint density at radius 2 is 2.00 bits per heavy atom. The molecule has 0 unspecified atom stereocenters. The van der Waals surface area contributed by atoms with Crippen LogP contribution in [-0.4, -0.2) is 5.11 Å². The quantitative estimate of drug-likeness (QED) is 0.844. The number of rotatable bonds is 1. The van der Waals surface area contributed by atoms with Gasteiger partial charge in [-0.2, -0.15) is 0 Å². The van der Waals surface area contributed by atoms with Gasteiger partial charge in [0, 0.05) is 37.3 Å². The second-order valence-corrected chi connectivity index (χ2v) is 2.47. The molecule has 0 spiro atoms. The molecular weight excluding hydrogens is 291 g/mol. The summed E-state index contributed by atoms with van der Waals surface area (Å²) in [6, 6.07) is 5.70. The number of hydrogen-bond donors (Lipinski definition) is 1. The van der Waals surface area contributed by atoms with Crippen molar-refractivity contribution in [2.75, 3.05) is 0 Å². The summed E-state index contributed by atoms with van der Waals surface area (Å²) in [6.45, 7) is 4.01. The van der Waals surface area contributed by atoms with Crippen LogP contribution in [-0.2, 0) is 6.42 Å². The first kappa shape index (κ1) is 11.3. The fourth-order valence-corrected chi connectivity index (χ4v) is 0.937. The van der Waals surface area contributed by atoms with Crippen LogP contribution in [0.4, 0.5) is 0 Å². The van der Waals surface area contributed by atoms with Crippen molar-refractivity contribution in [1.29, 1.82) is 0 Å². The third kappa shape index (κ3) is 3.01. The summed E-state index contributed by atoms with van der Waals surface area (Å²) in [4.78, 5) is 0. The Labute approximate surface area is 97.0 Å². The Morgan fingerprint density at radius 1 is 1.36 bits per heavy atom. The zero-order valence-corrected chi connectivity index (χ0v) is 8.53. The molecule has 1 rings (SSSR count). The molecule has 66 valence electrons. The maximum absolute atomic E-state index is 9.14. The Balaban J connectivity index is 0.000001000. The van der Waals surface area contributed by atoms with Crippen LogP contribution in [0.15, 0.2) is 18.2 Å². The summed E-state index contributed by atoms with van der Waals surface area (Å²) in [5.74, 6) is 0.386. The van der Waals surface area contributed by atoms with Crippen molar-refractivity contribution in [2.45, 2.75) is 20.3 Å². The van der Waals surface area contributed by atoms with Crippen molar-refractivity contribution >= 4 is 0 Å². The first-order valence-electron chi connectivity index (χ1n) is 3.52. The number of hydrogen-bond acceptors (Lipinski definition) is 1. The minimum Gasteiger partial charge on any atom is -0.508 e. The van der Waals surface area contributed by atoms with Gasteiger partial charge in [0.1, 0.15) is 5.75 Å². The second kappa shape index (κ2) is 5.01. The fourth-order valence-electron chi connectivity index (χ4n) is 0.937. The van der Waals surface area contributed by atoms with Crippen molar-refractivity contribution < 1.29 is 42.4 Å². The molecule has 0 aliphatic heterocycles. The van der Waals surface area contributed by atoms with Gasteiger partial charge in [-0.3, -0.25) is 0 Å². The van der Waals surface area contributed by atoms with Crippen molar-refractivity contribution in [2.24, 2.45) is 0 Å². The average molecular weight is 303 g/mol. The number of aromatic hydroxyl groups is 1. The molecule has 0 radical (unpaired) electrons. The largest absolute Gasteiger partial charge is 0.508 e. The Hall–Kier alpha value is 0.267. The fraction of sp³-hybridized carbons (Fsp3) is 0.333. The van der Waals surface area contributed by atoms with Crippen molar-refractivity contribution in [3.63, 3.8) is 0 Å². The molecule has 0 aliphatic rings. The molecule has 0 atom stereocenters. The summed E-state index contributed by atoms with van der Waals surface area (Å²) in [5, 5.41) is 9.14. The van der Waals surface area contributed by atoms with Crippen molar-refractivity contribution in [3.8, 4) is 5.75 Å². The SMILES string of the molecule is CCc1ccc(O)c(C)c1.[Er]. The zero-order valence-electron chi connectivity index (χ0n) is 6.68.